The van der Waals surface area contributed by atoms with Crippen LogP contribution in [0.25, 0.3) is 16.6 Å². The molecule has 28 heavy (non-hydrogen) atoms. The van der Waals surface area contributed by atoms with Crippen LogP contribution in [0.4, 0.5) is 5.69 Å². The van der Waals surface area contributed by atoms with E-state index in [2.05, 4.69) is 25.8 Å². The molecule has 4 N–H and O–H groups in total. The molecule has 0 radical (unpaired) electrons. The molecule has 2 amide bonds. The third-order valence-corrected chi connectivity index (χ3v) is 4.56. The quantitative estimate of drug-likeness (QED) is 0.488. The molecule has 0 saturated carbocycles. The van der Waals surface area contributed by atoms with E-state index in [0.717, 1.165) is 0 Å². The fourth-order valence-electron chi connectivity index (χ4n) is 2.86. The summed E-state index contributed by atoms with van der Waals surface area (Å²) in [5.74, 6) is -1.10. The van der Waals surface area contributed by atoms with Gasteiger partial charge < -0.3 is 11.1 Å². The minimum Gasteiger partial charge on any atom is -0.364 e. The van der Waals surface area contributed by atoms with E-state index in [4.69, 9.17) is 17.3 Å². The SMILES string of the molecule is Cc1c(C(=O)Nc2ccc3[nH]nc(C(N)=O)c3c2)nnn1-c1ccccc1Cl. The number of para-hydroxylation sites is 1. The van der Waals surface area contributed by atoms with Crippen LogP contribution in [0.3, 0.4) is 0 Å². The number of aromatic amines is 1. The number of amides is 2. The zero-order valence-corrected chi connectivity index (χ0v) is 15.4. The second-order valence-electron chi connectivity index (χ2n) is 6.04. The van der Waals surface area contributed by atoms with Crippen molar-refractivity contribution < 1.29 is 9.59 Å². The number of hydrogen-bond acceptors (Lipinski definition) is 5. The maximum atomic E-state index is 12.7. The van der Waals surface area contributed by atoms with E-state index >= 15 is 0 Å². The summed E-state index contributed by atoms with van der Waals surface area (Å²) in [7, 11) is 0. The first-order valence-corrected chi connectivity index (χ1v) is 8.60. The third-order valence-electron chi connectivity index (χ3n) is 4.24. The number of carbonyl (C=O) groups is 2. The highest BCUT2D eigenvalue weighted by molar-refractivity contribution is 6.32. The maximum absolute atomic E-state index is 12.7. The number of carbonyl (C=O) groups excluding carboxylic acids is 2. The topological polar surface area (TPSA) is 132 Å². The van der Waals surface area contributed by atoms with E-state index < -0.39 is 11.8 Å². The first-order valence-electron chi connectivity index (χ1n) is 8.22. The lowest BCUT2D eigenvalue weighted by Crippen LogP contribution is -2.14. The predicted molar refractivity (Wildman–Crippen MR) is 104 cm³/mol. The summed E-state index contributed by atoms with van der Waals surface area (Å²) in [5, 5.41) is 18.4. The van der Waals surface area contributed by atoms with Gasteiger partial charge in [-0.05, 0) is 37.3 Å². The van der Waals surface area contributed by atoms with Crippen LogP contribution >= 0.6 is 11.6 Å². The van der Waals surface area contributed by atoms with Gasteiger partial charge in [0.25, 0.3) is 11.8 Å². The van der Waals surface area contributed by atoms with Crippen molar-refractivity contribution in [1.82, 2.24) is 25.2 Å². The molecular formula is C18H14ClN7O2. The van der Waals surface area contributed by atoms with Gasteiger partial charge in [0.1, 0.15) is 0 Å². The molecule has 140 valence electrons. The minimum absolute atomic E-state index is 0.104. The third kappa shape index (κ3) is 2.97. The number of fused-ring (bicyclic) bond motifs is 1. The van der Waals surface area contributed by atoms with Crippen molar-refractivity contribution in [2.24, 2.45) is 5.73 Å². The molecule has 0 aliphatic carbocycles. The molecule has 2 aromatic heterocycles. The van der Waals surface area contributed by atoms with Gasteiger partial charge >= 0.3 is 0 Å². The van der Waals surface area contributed by atoms with Crippen molar-refractivity contribution in [3.63, 3.8) is 0 Å². The van der Waals surface area contributed by atoms with Crippen LogP contribution in [-0.4, -0.2) is 37.0 Å². The average Bonchev–Trinajstić information content (AvgIpc) is 3.25. The number of nitrogens with two attached hydrogens (primary N) is 1. The van der Waals surface area contributed by atoms with Gasteiger partial charge in [-0.1, -0.05) is 28.9 Å². The van der Waals surface area contributed by atoms with Crippen molar-refractivity contribution in [1.29, 1.82) is 0 Å². The number of benzene rings is 2. The molecular weight excluding hydrogens is 382 g/mol. The molecule has 0 aliphatic rings. The zero-order valence-electron chi connectivity index (χ0n) is 14.6. The number of aromatic nitrogens is 5. The fourth-order valence-corrected chi connectivity index (χ4v) is 3.08. The van der Waals surface area contributed by atoms with E-state index in [1.807, 2.05) is 6.07 Å². The first-order chi connectivity index (χ1) is 13.5. The van der Waals surface area contributed by atoms with Gasteiger partial charge in [-0.3, -0.25) is 14.7 Å². The molecule has 0 saturated heterocycles. The predicted octanol–water partition coefficient (Wildman–Crippen LogP) is 2.46. The Bertz CT molecular complexity index is 1230. The Hall–Kier alpha value is -3.72. The minimum atomic E-state index is -0.659. The van der Waals surface area contributed by atoms with Gasteiger partial charge in [-0.25, -0.2) is 4.68 Å². The number of nitrogens with zero attached hydrogens (tertiary/aromatic N) is 4. The lowest BCUT2D eigenvalue weighted by molar-refractivity contribution is 0.0994. The molecule has 9 nitrogen and oxygen atoms in total. The van der Waals surface area contributed by atoms with Crippen LogP contribution in [0, 0.1) is 6.92 Å². The van der Waals surface area contributed by atoms with Crippen LogP contribution in [0.5, 0.6) is 0 Å². The van der Waals surface area contributed by atoms with Crippen molar-refractivity contribution in [3.8, 4) is 5.69 Å². The van der Waals surface area contributed by atoms with E-state index in [9.17, 15) is 9.59 Å². The molecule has 10 heteroatoms. The fraction of sp³-hybridized carbons (Fsp3) is 0.0556. The molecule has 4 rings (SSSR count). The molecule has 2 heterocycles. The highest BCUT2D eigenvalue weighted by Gasteiger charge is 2.19. The summed E-state index contributed by atoms with van der Waals surface area (Å²) < 4.78 is 1.50. The Morgan fingerprint density at radius 3 is 2.71 bits per heavy atom. The highest BCUT2D eigenvalue weighted by atomic mass is 35.5. The maximum Gasteiger partial charge on any atom is 0.278 e. The number of H-pyrrole nitrogens is 1. The van der Waals surface area contributed by atoms with E-state index in [1.165, 1.54) is 4.68 Å². The van der Waals surface area contributed by atoms with Crippen LogP contribution in [0.2, 0.25) is 5.02 Å². The Morgan fingerprint density at radius 1 is 1.18 bits per heavy atom. The number of primary amides is 1. The van der Waals surface area contributed by atoms with Gasteiger partial charge in [0.15, 0.2) is 11.4 Å². The van der Waals surface area contributed by atoms with Crippen molar-refractivity contribution in [2.45, 2.75) is 6.92 Å². The van der Waals surface area contributed by atoms with Crippen LogP contribution in [0.1, 0.15) is 26.7 Å². The van der Waals surface area contributed by atoms with Crippen LogP contribution < -0.4 is 11.1 Å². The first kappa shape index (κ1) is 17.7. The van der Waals surface area contributed by atoms with Gasteiger partial charge in [-0.15, -0.1) is 5.10 Å². The Kier molecular flexibility index (Phi) is 4.28. The zero-order chi connectivity index (χ0) is 19.8. The molecule has 0 aliphatic heterocycles. The number of nitrogens with one attached hydrogen (secondary N) is 2. The van der Waals surface area contributed by atoms with Gasteiger partial charge in [0.05, 0.1) is 21.9 Å². The summed E-state index contributed by atoms with van der Waals surface area (Å²) in [6.07, 6.45) is 0. The number of anilines is 1. The Labute approximate surface area is 163 Å². The van der Waals surface area contributed by atoms with E-state index in [-0.39, 0.29) is 11.4 Å². The number of hydrogen-bond donors (Lipinski definition) is 3. The second-order valence-corrected chi connectivity index (χ2v) is 6.44. The Balaban J connectivity index is 1.64. The largest absolute Gasteiger partial charge is 0.364 e. The molecule has 0 fully saturated rings. The monoisotopic (exact) mass is 395 g/mol. The standard InChI is InChI=1S/C18H14ClN7O2/c1-9-15(24-25-26(9)14-5-3-2-4-12(14)19)18(28)21-10-6-7-13-11(8-10)16(17(20)27)23-22-13/h2-8H,1H3,(H2,20,27)(H,21,28)(H,22,23). The molecule has 0 atom stereocenters. The lowest BCUT2D eigenvalue weighted by Gasteiger charge is -2.06. The van der Waals surface area contributed by atoms with Crippen LogP contribution in [-0.2, 0) is 0 Å². The summed E-state index contributed by atoms with van der Waals surface area (Å²) in [4.78, 5) is 24.1. The summed E-state index contributed by atoms with van der Waals surface area (Å²) >= 11 is 6.20. The van der Waals surface area contributed by atoms with Gasteiger partial charge in [-0.2, -0.15) is 5.10 Å². The van der Waals surface area contributed by atoms with Crippen molar-refractivity contribution in [2.75, 3.05) is 5.32 Å². The highest BCUT2D eigenvalue weighted by Crippen LogP contribution is 2.23. The van der Waals surface area contributed by atoms with E-state index in [1.54, 1.807) is 43.3 Å². The normalized spacial score (nSPS) is 10.9. The van der Waals surface area contributed by atoms with Crippen molar-refractivity contribution >= 4 is 40.0 Å². The van der Waals surface area contributed by atoms with E-state index in [0.29, 0.717) is 33.0 Å². The van der Waals surface area contributed by atoms with Crippen molar-refractivity contribution in [3.05, 3.63) is 64.6 Å². The molecule has 0 unspecified atom stereocenters. The molecule has 0 bridgehead atoms. The van der Waals surface area contributed by atoms with Gasteiger partial charge in [0.2, 0.25) is 0 Å². The molecule has 2 aromatic carbocycles. The lowest BCUT2D eigenvalue weighted by atomic mass is 10.1. The van der Waals surface area contributed by atoms with Gasteiger partial charge in [0, 0.05) is 11.1 Å². The smallest absolute Gasteiger partial charge is 0.278 e. The number of halogens is 1. The summed E-state index contributed by atoms with van der Waals surface area (Å²) in [6, 6.07) is 12.1. The average molecular weight is 396 g/mol. The molecule has 4 aromatic rings. The number of rotatable bonds is 4. The summed E-state index contributed by atoms with van der Waals surface area (Å²) in [5.41, 5.74) is 7.83. The van der Waals surface area contributed by atoms with Crippen LogP contribution in [0.15, 0.2) is 42.5 Å². The second kappa shape index (κ2) is 6.78. The summed E-state index contributed by atoms with van der Waals surface area (Å²) in [6.45, 7) is 1.72. The Morgan fingerprint density at radius 2 is 1.96 bits per heavy atom. The molecule has 0 spiro atoms.